The third-order valence-corrected chi connectivity index (χ3v) is 7.89. The first-order valence-electron chi connectivity index (χ1n) is 11.1. The zero-order chi connectivity index (χ0) is 22.6. The highest BCUT2D eigenvalue weighted by Crippen LogP contribution is 2.72. The Balaban J connectivity index is 2.02. The molecule has 0 N–H and O–H groups in total. The van der Waals surface area contributed by atoms with Crippen LogP contribution in [0.15, 0.2) is 23.3 Å². The molecule has 4 aliphatic rings. The maximum atomic E-state index is 13.1. The van der Waals surface area contributed by atoms with Crippen molar-refractivity contribution < 1.29 is 23.9 Å². The maximum absolute atomic E-state index is 13.1. The number of hydrogen-bond acceptors (Lipinski definition) is 5. The number of ketones is 1. The summed E-state index contributed by atoms with van der Waals surface area (Å²) in [5.41, 5.74) is 0.725. The van der Waals surface area contributed by atoms with Crippen LogP contribution >= 0.6 is 0 Å². The molecule has 5 heteroatoms. The van der Waals surface area contributed by atoms with Gasteiger partial charge in [-0.25, -0.2) is 4.79 Å². The normalized spacial score (nSPS) is 37.1. The zero-order valence-corrected chi connectivity index (χ0v) is 19.6. The molecule has 4 aliphatic carbocycles. The van der Waals surface area contributed by atoms with Crippen LogP contribution in [0.5, 0.6) is 0 Å². The van der Waals surface area contributed by atoms with E-state index in [1.54, 1.807) is 26.0 Å². The summed E-state index contributed by atoms with van der Waals surface area (Å²) in [7, 11) is 0. The van der Waals surface area contributed by atoms with Crippen molar-refractivity contribution >= 4 is 17.7 Å². The maximum Gasteiger partial charge on any atom is 0.333 e. The molecule has 30 heavy (non-hydrogen) atoms. The monoisotopic (exact) mass is 416 g/mol. The van der Waals surface area contributed by atoms with E-state index >= 15 is 0 Å². The minimum Gasteiger partial charge on any atom is -0.462 e. The van der Waals surface area contributed by atoms with Crippen LogP contribution < -0.4 is 0 Å². The molecule has 4 rings (SSSR count). The number of carbonyl (C=O) groups excluding carboxylic acids is 3. The highest BCUT2D eigenvalue weighted by atomic mass is 16.6. The molecule has 0 aromatic carbocycles. The lowest BCUT2D eigenvalue weighted by Crippen LogP contribution is -2.67. The summed E-state index contributed by atoms with van der Waals surface area (Å²) in [5.74, 6) is -0.315. The van der Waals surface area contributed by atoms with E-state index in [0.717, 1.165) is 5.57 Å². The van der Waals surface area contributed by atoms with Crippen LogP contribution in [0.2, 0.25) is 0 Å². The lowest BCUT2D eigenvalue weighted by atomic mass is 9.37. The Hall–Kier alpha value is -1.91. The lowest BCUT2D eigenvalue weighted by Gasteiger charge is -2.65. The molecule has 3 saturated carbocycles. The number of carbonyl (C=O) groups is 3. The van der Waals surface area contributed by atoms with Gasteiger partial charge in [-0.3, -0.25) is 9.59 Å². The summed E-state index contributed by atoms with van der Waals surface area (Å²) in [4.78, 5) is 38.3. The van der Waals surface area contributed by atoms with Gasteiger partial charge in [-0.1, -0.05) is 46.3 Å². The molecule has 6 atom stereocenters. The van der Waals surface area contributed by atoms with Crippen LogP contribution in [0.3, 0.4) is 0 Å². The van der Waals surface area contributed by atoms with Gasteiger partial charge in [0.25, 0.3) is 0 Å². The number of hydrogen-bond donors (Lipinski definition) is 0. The van der Waals surface area contributed by atoms with E-state index in [1.807, 2.05) is 20.8 Å². The summed E-state index contributed by atoms with van der Waals surface area (Å²) >= 11 is 0. The Morgan fingerprint density at radius 1 is 1.17 bits per heavy atom. The molecule has 0 unspecified atom stereocenters. The van der Waals surface area contributed by atoms with Crippen LogP contribution in [0.1, 0.15) is 68.2 Å². The zero-order valence-electron chi connectivity index (χ0n) is 19.6. The Bertz CT molecular complexity index is 817. The molecule has 3 fully saturated rings. The second-order valence-corrected chi connectivity index (χ2v) is 10.6. The average molecular weight is 417 g/mol. The number of rotatable bonds is 5. The van der Waals surface area contributed by atoms with E-state index in [4.69, 9.17) is 9.47 Å². The molecule has 0 radical (unpaired) electrons. The van der Waals surface area contributed by atoms with Crippen molar-refractivity contribution in [3.8, 4) is 0 Å². The van der Waals surface area contributed by atoms with Crippen molar-refractivity contribution in [1.82, 2.24) is 0 Å². The first-order chi connectivity index (χ1) is 13.8. The molecule has 0 aromatic heterocycles. The van der Waals surface area contributed by atoms with Gasteiger partial charge in [0.2, 0.25) is 0 Å². The molecule has 5 nitrogen and oxygen atoms in total. The number of ether oxygens (including phenoxy) is 2. The summed E-state index contributed by atoms with van der Waals surface area (Å²) in [5, 5.41) is 0. The first-order valence-corrected chi connectivity index (χ1v) is 11.1. The van der Waals surface area contributed by atoms with Crippen LogP contribution in [0, 0.1) is 34.5 Å². The highest BCUT2D eigenvalue weighted by molar-refractivity contribution is 5.97. The van der Waals surface area contributed by atoms with Crippen LogP contribution in [-0.2, 0) is 23.9 Å². The van der Waals surface area contributed by atoms with E-state index in [-0.39, 0.29) is 41.4 Å². The predicted octanol–water partition coefficient (Wildman–Crippen LogP) is 4.65. The van der Waals surface area contributed by atoms with Gasteiger partial charge in [-0.2, -0.15) is 0 Å². The fourth-order valence-corrected chi connectivity index (χ4v) is 6.18. The van der Waals surface area contributed by atoms with Gasteiger partial charge in [0.15, 0.2) is 5.78 Å². The summed E-state index contributed by atoms with van der Waals surface area (Å²) < 4.78 is 12.0. The third kappa shape index (κ3) is 3.34. The van der Waals surface area contributed by atoms with E-state index in [9.17, 15) is 14.4 Å². The van der Waals surface area contributed by atoms with Crippen molar-refractivity contribution in [3.63, 3.8) is 0 Å². The topological polar surface area (TPSA) is 69.7 Å². The molecular weight excluding hydrogens is 380 g/mol. The summed E-state index contributed by atoms with van der Waals surface area (Å²) in [6.45, 7) is 15.8. The molecule has 0 spiro atoms. The fraction of sp³-hybridized carbons (Fsp3) is 0.720. The second-order valence-electron chi connectivity index (χ2n) is 10.6. The van der Waals surface area contributed by atoms with E-state index in [1.165, 1.54) is 0 Å². The van der Waals surface area contributed by atoms with Crippen molar-refractivity contribution in [1.29, 1.82) is 0 Å². The van der Waals surface area contributed by atoms with E-state index in [0.29, 0.717) is 18.4 Å². The molecule has 0 heterocycles. The van der Waals surface area contributed by atoms with E-state index < -0.39 is 23.0 Å². The quantitative estimate of drug-likeness (QED) is 0.482. The van der Waals surface area contributed by atoms with Gasteiger partial charge in [0, 0.05) is 35.2 Å². The fourth-order valence-electron chi connectivity index (χ4n) is 6.18. The Kier molecular flexibility index (Phi) is 5.81. The van der Waals surface area contributed by atoms with Crippen molar-refractivity contribution in [3.05, 3.63) is 23.3 Å². The molecular formula is C25H36O5. The van der Waals surface area contributed by atoms with Gasteiger partial charge >= 0.3 is 11.9 Å². The van der Waals surface area contributed by atoms with Gasteiger partial charge in [0.05, 0.1) is 0 Å². The van der Waals surface area contributed by atoms with E-state index in [2.05, 4.69) is 20.8 Å². The number of allylic oxidation sites excluding steroid dienone is 3. The third-order valence-electron chi connectivity index (χ3n) is 7.89. The number of esters is 2. The van der Waals surface area contributed by atoms with Gasteiger partial charge in [-0.05, 0) is 44.6 Å². The Morgan fingerprint density at radius 2 is 1.80 bits per heavy atom. The number of fused-ring (bicyclic) bond motifs is 3. The molecule has 0 saturated heterocycles. The van der Waals surface area contributed by atoms with Gasteiger partial charge in [0.1, 0.15) is 12.2 Å². The SMILES string of the molecule is C/C=C(/C)C(=O)O[C@@H]1C[C@@H](OC(=O)CC(C)C)[C@@]2(C)[C@H]3C(=O)C=C(C)[C@H]2[C@H]3C1(C)C. The molecule has 0 aromatic rings. The minimum absolute atomic E-state index is 0.0671. The standard InChI is InChI=1S/C25H36O5/c1-9-14(4)23(28)30-17-12-18(29-19(27)10-13(2)3)25(8)20-15(5)11-16(26)21(25)22(20)24(17,6)7/h9,11,13,17-18,20-22H,10,12H2,1-8H3/b14-9-/t17-,18-,20+,21+,22-,25-/m1/s1. The molecule has 166 valence electrons. The van der Waals surface area contributed by atoms with Crippen LogP contribution in [0.4, 0.5) is 0 Å². The smallest absolute Gasteiger partial charge is 0.333 e. The molecule has 4 bridgehead atoms. The molecule has 0 aliphatic heterocycles. The first kappa shape index (κ1) is 22.8. The lowest BCUT2D eigenvalue weighted by molar-refractivity contribution is -0.204. The highest BCUT2D eigenvalue weighted by Gasteiger charge is 2.74. The largest absolute Gasteiger partial charge is 0.462 e. The summed E-state index contributed by atoms with van der Waals surface area (Å²) in [6, 6.07) is 0. The van der Waals surface area contributed by atoms with Crippen molar-refractivity contribution in [2.24, 2.45) is 34.5 Å². The molecule has 0 amide bonds. The minimum atomic E-state index is -0.465. The average Bonchev–Trinajstić information content (AvgIpc) is 2.72. The van der Waals surface area contributed by atoms with Gasteiger partial charge in [-0.15, -0.1) is 0 Å². The Labute approximate surface area is 180 Å². The second kappa shape index (κ2) is 7.65. The van der Waals surface area contributed by atoms with Crippen LogP contribution in [0.25, 0.3) is 0 Å². The van der Waals surface area contributed by atoms with Crippen molar-refractivity contribution in [2.75, 3.05) is 0 Å². The van der Waals surface area contributed by atoms with Crippen molar-refractivity contribution in [2.45, 2.75) is 80.4 Å². The summed E-state index contributed by atoms with van der Waals surface area (Å²) in [6.07, 6.45) is 3.34. The predicted molar refractivity (Wildman–Crippen MR) is 114 cm³/mol. The van der Waals surface area contributed by atoms with Gasteiger partial charge < -0.3 is 9.47 Å². The Morgan fingerprint density at radius 3 is 2.33 bits per heavy atom. The van der Waals surface area contributed by atoms with Crippen LogP contribution in [-0.4, -0.2) is 29.9 Å².